The molecule has 0 bridgehead atoms. The van der Waals surface area contributed by atoms with E-state index < -0.39 is 28.1 Å². The van der Waals surface area contributed by atoms with E-state index in [2.05, 4.69) is 9.37 Å². The fourth-order valence-corrected chi connectivity index (χ4v) is 5.48. The molecule has 0 aliphatic heterocycles. The van der Waals surface area contributed by atoms with E-state index in [1.807, 2.05) is 0 Å². The van der Waals surface area contributed by atoms with Crippen molar-refractivity contribution in [2.45, 2.75) is 81.9 Å². The zero-order valence-electron chi connectivity index (χ0n) is 19.8. The number of rotatable bonds is 12. The van der Waals surface area contributed by atoms with E-state index in [1.54, 1.807) is 0 Å². The van der Waals surface area contributed by atoms with Crippen molar-refractivity contribution in [3.63, 3.8) is 0 Å². The maximum Gasteiger partial charge on any atom is 0.346 e. The second kappa shape index (κ2) is 14.4. The number of hydrogen-bond donors (Lipinski definition) is 1. The zero-order valence-corrected chi connectivity index (χ0v) is 20.6. The quantitative estimate of drug-likeness (QED) is 0.112. The summed E-state index contributed by atoms with van der Waals surface area (Å²) in [6, 6.07) is 2.32. The van der Waals surface area contributed by atoms with E-state index in [-0.39, 0.29) is 23.7 Å². The van der Waals surface area contributed by atoms with Crippen LogP contribution in [-0.2, 0) is 18.8 Å². The standard InChI is InChI=1S/C24H33NO9S/c26-23(31-15-13-17-7-3-1-4-8-17)21-19(25(28)29)11-12-20(35-34-33-30)22(21)24(27)32-16-14-18-9-5-2-6-10-18/h11-12,17-18,30H,1-10,13-16H2. The highest BCUT2D eigenvalue weighted by Crippen LogP contribution is 2.34. The van der Waals surface area contributed by atoms with Gasteiger partial charge in [-0.3, -0.25) is 10.1 Å². The molecule has 3 rings (SSSR count). The van der Waals surface area contributed by atoms with E-state index in [9.17, 15) is 19.7 Å². The first-order valence-corrected chi connectivity index (χ1v) is 13.1. The van der Waals surface area contributed by atoms with Crippen LogP contribution < -0.4 is 0 Å². The molecule has 194 valence electrons. The summed E-state index contributed by atoms with van der Waals surface area (Å²) in [5.41, 5.74) is -1.40. The van der Waals surface area contributed by atoms with Gasteiger partial charge in [-0.1, -0.05) is 69.2 Å². The summed E-state index contributed by atoms with van der Waals surface area (Å²) < 4.78 is 15.3. The molecule has 0 heterocycles. The molecular formula is C24H33NO9S. The van der Waals surface area contributed by atoms with Crippen LogP contribution >= 0.6 is 12.0 Å². The number of nitro groups is 1. The highest BCUT2D eigenvalue weighted by atomic mass is 32.2. The highest BCUT2D eigenvalue weighted by molar-refractivity contribution is 7.94. The van der Waals surface area contributed by atoms with Gasteiger partial charge < -0.3 is 9.47 Å². The number of benzene rings is 1. The lowest BCUT2D eigenvalue weighted by atomic mass is 9.87. The van der Waals surface area contributed by atoms with Crippen LogP contribution in [0.3, 0.4) is 0 Å². The SMILES string of the molecule is O=C(OCCC1CCCCC1)c1c(SOOO)ccc([N+](=O)[O-])c1C(=O)OCCC1CCCCC1. The molecule has 0 spiro atoms. The van der Waals surface area contributed by atoms with Crippen molar-refractivity contribution in [1.29, 1.82) is 0 Å². The molecule has 0 atom stereocenters. The summed E-state index contributed by atoms with van der Waals surface area (Å²) in [6.07, 6.45) is 12.7. The van der Waals surface area contributed by atoms with E-state index in [0.717, 1.165) is 57.4 Å². The topological polar surface area (TPSA) is 134 Å². The number of hydrogen-bond acceptors (Lipinski definition) is 10. The van der Waals surface area contributed by atoms with E-state index in [4.69, 9.17) is 14.7 Å². The molecular weight excluding hydrogens is 478 g/mol. The molecule has 10 nitrogen and oxygen atoms in total. The Hall–Kier alpha value is -2.21. The Kier molecular flexibility index (Phi) is 11.2. The van der Waals surface area contributed by atoms with Gasteiger partial charge in [-0.15, -0.1) is 4.33 Å². The number of carbonyl (C=O) groups excluding carboxylic acids is 2. The number of nitro benzene ring substituents is 1. The Morgan fingerprint density at radius 2 is 1.40 bits per heavy atom. The summed E-state index contributed by atoms with van der Waals surface area (Å²) in [6.45, 7) is 0.230. The molecule has 2 aliphatic rings. The molecule has 2 aliphatic carbocycles. The van der Waals surface area contributed by atoms with E-state index >= 15 is 0 Å². The van der Waals surface area contributed by atoms with Crippen LogP contribution in [0.1, 0.15) is 97.8 Å². The summed E-state index contributed by atoms with van der Waals surface area (Å²) in [4.78, 5) is 37.1. The monoisotopic (exact) mass is 511 g/mol. The zero-order chi connectivity index (χ0) is 25.0. The van der Waals surface area contributed by atoms with Crippen molar-refractivity contribution in [2.75, 3.05) is 13.2 Å². The predicted octanol–water partition coefficient (Wildman–Crippen LogP) is 6.28. The maximum atomic E-state index is 13.1. The minimum Gasteiger partial charge on any atom is -0.462 e. The van der Waals surface area contributed by atoms with Crippen LogP contribution in [0, 0.1) is 22.0 Å². The second-order valence-corrected chi connectivity index (χ2v) is 9.92. The van der Waals surface area contributed by atoms with Crippen molar-refractivity contribution in [3.05, 3.63) is 33.4 Å². The summed E-state index contributed by atoms with van der Waals surface area (Å²) in [5.74, 6) is -0.953. The van der Waals surface area contributed by atoms with Gasteiger partial charge in [0.2, 0.25) is 0 Å². The molecule has 1 N–H and O–H groups in total. The molecule has 0 amide bonds. The average molecular weight is 512 g/mol. The Morgan fingerprint density at radius 1 is 0.886 bits per heavy atom. The van der Waals surface area contributed by atoms with E-state index in [1.165, 1.54) is 18.9 Å². The molecule has 1 aromatic rings. The smallest absolute Gasteiger partial charge is 0.346 e. The largest absolute Gasteiger partial charge is 0.462 e. The molecule has 0 saturated heterocycles. The van der Waals surface area contributed by atoms with Gasteiger partial charge in [-0.05, 0) is 30.7 Å². The number of carbonyl (C=O) groups is 2. The minimum absolute atomic E-state index is 0.0200. The lowest BCUT2D eigenvalue weighted by molar-refractivity contribution is -0.432. The lowest BCUT2D eigenvalue weighted by Crippen LogP contribution is -2.20. The molecule has 0 unspecified atom stereocenters. The average Bonchev–Trinajstić information content (AvgIpc) is 2.87. The van der Waals surface area contributed by atoms with Crippen molar-refractivity contribution in [2.24, 2.45) is 11.8 Å². The number of ether oxygens (including phenoxy) is 2. The first kappa shape index (κ1) is 27.4. The van der Waals surface area contributed by atoms with Crippen LogP contribution in [0.5, 0.6) is 0 Å². The fourth-order valence-electron chi connectivity index (χ4n) is 4.99. The van der Waals surface area contributed by atoms with Gasteiger partial charge in [0.1, 0.15) is 0 Å². The molecule has 35 heavy (non-hydrogen) atoms. The summed E-state index contributed by atoms with van der Waals surface area (Å²) in [5, 5.41) is 23.9. The van der Waals surface area contributed by atoms with Crippen LogP contribution in [-0.4, -0.2) is 35.3 Å². The maximum absolute atomic E-state index is 13.1. The first-order valence-electron chi connectivity index (χ1n) is 12.3. The molecule has 1 aromatic carbocycles. The minimum atomic E-state index is -0.973. The third-order valence-corrected chi connectivity index (χ3v) is 7.52. The van der Waals surface area contributed by atoms with Crippen molar-refractivity contribution >= 4 is 29.7 Å². The molecule has 2 saturated carbocycles. The van der Waals surface area contributed by atoms with Gasteiger partial charge in [0.15, 0.2) is 5.56 Å². The van der Waals surface area contributed by atoms with Crippen LogP contribution in [0.2, 0.25) is 0 Å². The van der Waals surface area contributed by atoms with Crippen molar-refractivity contribution < 1.29 is 38.6 Å². The van der Waals surface area contributed by atoms with Crippen molar-refractivity contribution in [3.8, 4) is 0 Å². The predicted molar refractivity (Wildman–Crippen MR) is 127 cm³/mol. The Bertz CT molecular complexity index is 867. The summed E-state index contributed by atoms with van der Waals surface area (Å²) >= 11 is 0.432. The van der Waals surface area contributed by atoms with Gasteiger partial charge in [0, 0.05) is 6.07 Å². The molecule has 0 aromatic heterocycles. The third kappa shape index (κ3) is 8.16. The first-order chi connectivity index (χ1) is 17.0. The van der Waals surface area contributed by atoms with Gasteiger partial charge >= 0.3 is 11.9 Å². The highest BCUT2D eigenvalue weighted by Gasteiger charge is 2.33. The van der Waals surface area contributed by atoms with Gasteiger partial charge in [0.05, 0.1) is 40.6 Å². The van der Waals surface area contributed by atoms with Gasteiger partial charge in [0.25, 0.3) is 5.69 Å². The second-order valence-electron chi connectivity index (χ2n) is 9.17. The third-order valence-electron chi connectivity index (χ3n) is 6.87. The number of nitrogens with zero attached hydrogens (tertiary/aromatic N) is 1. The molecule has 11 heteroatoms. The van der Waals surface area contributed by atoms with Crippen molar-refractivity contribution in [1.82, 2.24) is 0 Å². The van der Waals surface area contributed by atoms with Gasteiger partial charge in [-0.25, -0.2) is 14.8 Å². The Balaban J connectivity index is 1.77. The summed E-state index contributed by atoms with van der Waals surface area (Å²) in [7, 11) is 0. The van der Waals surface area contributed by atoms with E-state index in [0.29, 0.717) is 36.7 Å². The Morgan fingerprint density at radius 3 is 1.89 bits per heavy atom. The normalized spacial score (nSPS) is 17.2. The molecule has 0 radical (unpaired) electrons. The van der Waals surface area contributed by atoms with Crippen LogP contribution in [0.4, 0.5) is 5.69 Å². The van der Waals surface area contributed by atoms with Gasteiger partial charge in [-0.2, -0.15) is 0 Å². The van der Waals surface area contributed by atoms with Crippen LogP contribution in [0.25, 0.3) is 0 Å². The number of esters is 2. The van der Waals surface area contributed by atoms with Crippen LogP contribution in [0.15, 0.2) is 17.0 Å². The molecule has 2 fully saturated rings. The fraction of sp³-hybridized carbons (Fsp3) is 0.667. The lowest BCUT2D eigenvalue weighted by Gasteiger charge is -2.21. The Labute approximate surface area is 208 Å².